The minimum Gasteiger partial charge on any atom is -0.477 e. The van der Waals surface area contributed by atoms with Crippen LogP contribution in [0.3, 0.4) is 0 Å². The number of carboxylic acid groups (broad SMARTS) is 1. The monoisotopic (exact) mass is 331 g/mol. The largest absolute Gasteiger partial charge is 0.477 e. The molecule has 1 N–H and O–H groups in total. The average Bonchev–Trinajstić information content (AvgIpc) is 3.06. The summed E-state index contributed by atoms with van der Waals surface area (Å²) in [7, 11) is -3.75. The van der Waals surface area contributed by atoms with Crippen LogP contribution in [0.5, 0.6) is 0 Å². The second-order valence-electron chi connectivity index (χ2n) is 5.83. The van der Waals surface area contributed by atoms with Crippen LogP contribution in [0, 0.1) is 5.92 Å². The molecule has 0 spiro atoms. The van der Waals surface area contributed by atoms with Gasteiger partial charge < -0.3 is 5.11 Å². The Morgan fingerprint density at radius 1 is 1.43 bits per heavy atom. The van der Waals surface area contributed by atoms with Crippen LogP contribution in [-0.4, -0.2) is 36.4 Å². The number of carbonyl (C=O) groups is 1. The summed E-state index contributed by atoms with van der Waals surface area (Å²) in [4.78, 5) is 11.1. The molecule has 1 aromatic rings. The number of hydrogen-bond acceptors (Lipinski definition) is 4. The van der Waals surface area contributed by atoms with Crippen LogP contribution in [0.2, 0.25) is 0 Å². The van der Waals surface area contributed by atoms with E-state index in [0.717, 1.165) is 37.0 Å². The second-order valence-corrected chi connectivity index (χ2v) is 8.60. The Bertz CT molecular complexity index is 600. The van der Waals surface area contributed by atoms with Gasteiger partial charge >= 0.3 is 5.97 Å². The highest BCUT2D eigenvalue weighted by Gasteiger charge is 2.36. The van der Waals surface area contributed by atoms with E-state index in [2.05, 4.69) is 0 Å². The molecule has 1 aliphatic carbocycles. The molecule has 1 fully saturated rings. The van der Waals surface area contributed by atoms with Gasteiger partial charge in [-0.25, -0.2) is 13.2 Å². The van der Waals surface area contributed by atoms with E-state index in [1.165, 1.54) is 15.8 Å². The molecule has 7 heteroatoms. The maximum Gasteiger partial charge on any atom is 0.347 e. The molecule has 118 valence electrons. The number of carboxylic acids is 1. The first kappa shape index (κ1) is 16.5. The Morgan fingerprint density at radius 3 is 2.57 bits per heavy atom. The molecule has 21 heavy (non-hydrogen) atoms. The number of thiophene rings is 1. The fraction of sp³-hybridized carbons (Fsp3) is 0.643. The van der Waals surface area contributed by atoms with E-state index in [1.807, 2.05) is 13.8 Å². The fourth-order valence-electron chi connectivity index (χ4n) is 2.78. The summed E-state index contributed by atoms with van der Waals surface area (Å²) in [6.45, 7) is 4.38. The number of rotatable bonds is 6. The van der Waals surface area contributed by atoms with E-state index in [9.17, 15) is 18.3 Å². The Hall–Kier alpha value is -0.920. The molecule has 0 amide bonds. The maximum atomic E-state index is 12.9. The van der Waals surface area contributed by atoms with Crippen LogP contribution in [-0.2, 0) is 10.0 Å². The second kappa shape index (κ2) is 6.46. The Labute approximate surface area is 129 Å². The molecule has 1 aromatic heterocycles. The Kier molecular flexibility index (Phi) is 5.06. The number of nitrogens with zero attached hydrogens (tertiary/aromatic N) is 1. The van der Waals surface area contributed by atoms with Crippen LogP contribution in [0.25, 0.3) is 0 Å². The minimum atomic E-state index is -3.75. The summed E-state index contributed by atoms with van der Waals surface area (Å²) in [5.74, 6) is -0.980. The third-order valence-corrected chi connectivity index (χ3v) is 6.68. The molecule has 1 saturated carbocycles. The van der Waals surface area contributed by atoms with Crippen LogP contribution < -0.4 is 0 Å². The smallest absolute Gasteiger partial charge is 0.347 e. The van der Waals surface area contributed by atoms with Crippen LogP contribution >= 0.6 is 11.3 Å². The summed E-state index contributed by atoms with van der Waals surface area (Å²) in [6, 6.07) is 1.41. The van der Waals surface area contributed by atoms with E-state index < -0.39 is 16.0 Å². The molecule has 1 heterocycles. The van der Waals surface area contributed by atoms with Gasteiger partial charge in [0.15, 0.2) is 0 Å². The summed E-state index contributed by atoms with van der Waals surface area (Å²) in [6.07, 6.45) is 3.78. The van der Waals surface area contributed by atoms with Gasteiger partial charge in [-0.05, 0) is 30.2 Å². The molecule has 0 bridgehead atoms. The highest BCUT2D eigenvalue weighted by atomic mass is 32.2. The highest BCUT2D eigenvalue weighted by Crippen LogP contribution is 2.32. The van der Waals surface area contributed by atoms with Crippen LogP contribution in [0.4, 0.5) is 0 Å². The first-order chi connectivity index (χ1) is 9.84. The van der Waals surface area contributed by atoms with Crippen LogP contribution in [0.15, 0.2) is 16.3 Å². The van der Waals surface area contributed by atoms with Gasteiger partial charge in [-0.1, -0.05) is 26.7 Å². The van der Waals surface area contributed by atoms with Crippen molar-refractivity contribution in [3.05, 3.63) is 16.3 Å². The molecule has 0 aromatic carbocycles. The molecular weight excluding hydrogens is 310 g/mol. The van der Waals surface area contributed by atoms with Gasteiger partial charge in [0.1, 0.15) is 9.77 Å². The quantitative estimate of drug-likeness (QED) is 0.869. The predicted octanol–water partition coefficient (Wildman–Crippen LogP) is 3.04. The third-order valence-electron chi connectivity index (χ3n) is 3.69. The first-order valence-corrected chi connectivity index (χ1v) is 9.48. The SMILES string of the molecule is CC(C)CN(C1CCCC1)S(=O)(=O)c1ccsc1C(=O)O. The van der Waals surface area contributed by atoms with Gasteiger partial charge in [0.25, 0.3) is 0 Å². The number of hydrogen-bond donors (Lipinski definition) is 1. The lowest BCUT2D eigenvalue weighted by molar-refractivity contribution is 0.0698. The minimum absolute atomic E-state index is 0.000977. The normalized spacial score (nSPS) is 17.0. The summed E-state index contributed by atoms with van der Waals surface area (Å²) >= 11 is 0.958. The van der Waals surface area contributed by atoms with Crippen LogP contribution in [0.1, 0.15) is 49.2 Å². The van der Waals surface area contributed by atoms with Crippen molar-refractivity contribution in [3.8, 4) is 0 Å². The van der Waals surface area contributed by atoms with E-state index >= 15 is 0 Å². The molecule has 1 aliphatic rings. The zero-order valence-corrected chi connectivity index (χ0v) is 13.9. The van der Waals surface area contributed by atoms with Crippen molar-refractivity contribution in [2.24, 2.45) is 5.92 Å². The van der Waals surface area contributed by atoms with Gasteiger partial charge in [0.05, 0.1) is 0 Å². The van der Waals surface area contributed by atoms with Crippen molar-refractivity contribution in [1.82, 2.24) is 4.31 Å². The van der Waals surface area contributed by atoms with Crippen molar-refractivity contribution in [1.29, 1.82) is 0 Å². The van der Waals surface area contributed by atoms with E-state index in [4.69, 9.17) is 0 Å². The van der Waals surface area contributed by atoms with Gasteiger partial charge in [0.2, 0.25) is 10.0 Å². The fourth-order valence-corrected chi connectivity index (χ4v) is 5.86. The molecule has 0 unspecified atom stereocenters. The number of sulfonamides is 1. The summed E-state index contributed by atoms with van der Waals surface area (Å²) < 4.78 is 27.3. The molecular formula is C14H21NO4S2. The van der Waals surface area contributed by atoms with Gasteiger partial charge in [-0.2, -0.15) is 4.31 Å². The van der Waals surface area contributed by atoms with Gasteiger partial charge in [0, 0.05) is 12.6 Å². The molecule has 2 rings (SSSR count). The highest BCUT2D eigenvalue weighted by molar-refractivity contribution is 7.89. The van der Waals surface area contributed by atoms with Gasteiger partial charge in [-0.3, -0.25) is 0 Å². The van der Waals surface area contributed by atoms with Crippen molar-refractivity contribution < 1.29 is 18.3 Å². The van der Waals surface area contributed by atoms with E-state index in [-0.39, 0.29) is 21.7 Å². The topological polar surface area (TPSA) is 74.7 Å². The molecule has 0 radical (unpaired) electrons. The Morgan fingerprint density at radius 2 is 2.05 bits per heavy atom. The summed E-state index contributed by atoms with van der Waals surface area (Å²) in [5, 5.41) is 10.7. The predicted molar refractivity (Wildman–Crippen MR) is 82.3 cm³/mol. The lowest BCUT2D eigenvalue weighted by Crippen LogP contribution is -2.41. The van der Waals surface area contributed by atoms with Crippen molar-refractivity contribution in [3.63, 3.8) is 0 Å². The first-order valence-electron chi connectivity index (χ1n) is 7.16. The summed E-state index contributed by atoms with van der Waals surface area (Å²) in [5.41, 5.74) is 0. The third kappa shape index (κ3) is 3.46. The lowest BCUT2D eigenvalue weighted by Gasteiger charge is -2.29. The molecule has 5 nitrogen and oxygen atoms in total. The number of aromatic carboxylic acids is 1. The van der Waals surface area contributed by atoms with E-state index in [0.29, 0.717) is 6.54 Å². The zero-order valence-electron chi connectivity index (χ0n) is 12.3. The van der Waals surface area contributed by atoms with Crippen molar-refractivity contribution >= 4 is 27.3 Å². The van der Waals surface area contributed by atoms with Crippen molar-refractivity contribution in [2.45, 2.75) is 50.5 Å². The average molecular weight is 331 g/mol. The standard InChI is InChI=1S/C14H21NO4S2/c1-10(2)9-15(11-5-3-4-6-11)21(18,19)12-7-8-20-13(12)14(16)17/h7-8,10-11H,3-6,9H2,1-2H3,(H,16,17). The molecule has 0 atom stereocenters. The maximum absolute atomic E-state index is 12.9. The lowest BCUT2D eigenvalue weighted by atomic mass is 10.2. The molecule has 0 saturated heterocycles. The Balaban J connectivity index is 2.41. The van der Waals surface area contributed by atoms with Crippen molar-refractivity contribution in [2.75, 3.05) is 6.54 Å². The molecule has 0 aliphatic heterocycles. The van der Waals surface area contributed by atoms with Gasteiger partial charge in [-0.15, -0.1) is 11.3 Å². The van der Waals surface area contributed by atoms with E-state index in [1.54, 1.807) is 0 Å². The zero-order chi connectivity index (χ0) is 15.6.